The minimum absolute atomic E-state index is 0.180. The molecule has 3 N–H and O–H groups in total. The molecule has 2 aromatic carbocycles. The number of aromatic nitrogens is 3. The molecule has 2 aromatic heterocycles. The van der Waals surface area contributed by atoms with Crippen molar-refractivity contribution in [2.24, 2.45) is 0 Å². The lowest BCUT2D eigenvalue weighted by Gasteiger charge is -2.28. The van der Waals surface area contributed by atoms with E-state index in [1.54, 1.807) is 31.4 Å². The van der Waals surface area contributed by atoms with Crippen molar-refractivity contribution >= 4 is 46.0 Å². The van der Waals surface area contributed by atoms with E-state index in [2.05, 4.69) is 36.7 Å². The van der Waals surface area contributed by atoms with E-state index in [4.69, 9.17) is 14.6 Å². The fraction of sp³-hybridized carbons (Fsp3) is 0.421. The van der Waals surface area contributed by atoms with Crippen LogP contribution in [0.15, 0.2) is 54.7 Å². The summed E-state index contributed by atoms with van der Waals surface area (Å²) >= 11 is 0. The number of imide groups is 1. The fourth-order valence-electron chi connectivity index (χ4n) is 6.78. The summed E-state index contributed by atoms with van der Waals surface area (Å²) in [5.74, 6) is 0.157. The quantitative estimate of drug-likeness (QED) is 0.161. The fourth-order valence-corrected chi connectivity index (χ4v) is 6.78. The second kappa shape index (κ2) is 16.7. The highest BCUT2D eigenvalue weighted by Gasteiger charge is 2.27. The Morgan fingerprint density at radius 2 is 1.79 bits per heavy atom. The van der Waals surface area contributed by atoms with E-state index in [-0.39, 0.29) is 36.7 Å². The van der Waals surface area contributed by atoms with Gasteiger partial charge in [-0.1, -0.05) is 12.5 Å². The van der Waals surface area contributed by atoms with Gasteiger partial charge in [0.1, 0.15) is 17.2 Å². The Bertz CT molecular complexity index is 1940. The van der Waals surface area contributed by atoms with Gasteiger partial charge in [0, 0.05) is 55.0 Å². The molecule has 2 saturated heterocycles. The summed E-state index contributed by atoms with van der Waals surface area (Å²) in [7, 11) is 3.08. The van der Waals surface area contributed by atoms with Crippen molar-refractivity contribution in [3.05, 3.63) is 71.7 Å². The van der Waals surface area contributed by atoms with Crippen LogP contribution < -0.4 is 30.3 Å². The average molecular weight is 711 g/mol. The predicted octanol–water partition coefficient (Wildman–Crippen LogP) is 5.08. The van der Waals surface area contributed by atoms with Gasteiger partial charge < -0.3 is 25.0 Å². The first kappa shape index (κ1) is 36.3. The molecule has 274 valence electrons. The Morgan fingerprint density at radius 3 is 2.58 bits per heavy atom. The SMILES string of the molecule is COc1cc2nn(C3CCCN(CCCCCNC(=O)c4ccc(OC)c(N5CCC(=O)NC5=O)c4)CC3)cc2cc1NC(=O)c1cccc(C)n1. The molecule has 14 heteroatoms. The van der Waals surface area contributed by atoms with Gasteiger partial charge in [0.2, 0.25) is 5.91 Å². The highest BCUT2D eigenvalue weighted by atomic mass is 16.5. The molecule has 2 aliphatic rings. The Labute approximate surface area is 302 Å². The monoisotopic (exact) mass is 710 g/mol. The molecule has 0 spiro atoms. The number of methoxy groups -OCH3 is 2. The molecule has 0 bridgehead atoms. The Morgan fingerprint density at radius 1 is 0.942 bits per heavy atom. The maximum absolute atomic E-state index is 12.9. The number of benzene rings is 2. The summed E-state index contributed by atoms with van der Waals surface area (Å²) in [6, 6.07) is 13.8. The smallest absolute Gasteiger partial charge is 0.328 e. The van der Waals surface area contributed by atoms with Crippen LogP contribution in [0.25, 0.3) is 10.9 Å². The normalized spacial score (nSPS) is 16.7. The molecule has 4 aromatic rings. The third kappa shape index (κ3) is 8.68. The number of aryl methyl sites for hydroxylation is 1. The second-order valence-electron chi connectivity index (χ2n) is 13.2. The van der Waals surface area contributed by atoms with E-state index >= 15 is 0 Å². The van der Waals surface area contributed by atoms with Crippen molar-refractivity contribution in [1.82, 2.24) is 30.3 Å². The minimum Gasteiger partial charge on any atom is -0.495 e. The van der Waals surface area contributed by atoms with Crippen LogP contribution in [0.5, 0.6) is 11.5 Å². The second-order valence-corrected chi connectivity index (χ2v) is 13.2. The van der Waals surface area contributed by atoms with Crippen LogP contribution >= 0.6 is 0 Å². The van der Waals surface area contributed by atoms with Gasteiger partial charge >= 0.3 is 6.03 Å². The van der Waals surface area contributed by atoms with Crippen molar-refractivity contribution < 1.29 is 28.7 Å². The Hall–Kier alpha value is -5.50. The number of rotatable bonds is 13. The van der Waals surface area contributed by atoms with Crippen LogP contribution in [0.2, 0.25) is 0 Å². The zero-order chi connectivity index (χ0) is 36.6. The molecule has 4 heterocycles. The van der Waals surface area contributed by atoms with Crippen molar-refractivity contribution in [3.63, 3.8) is 0 Å². The highest BCUT2D eigenvalue weighted by molar-refractivity contribution is 6.07. The summed E-state index contributed by atoms with van der Waals surface area (Å²) in [5, 5.41) is 14.1. The average Bonchev–Trinajstić information content (AvgIpc) is 3.40. The molecule has 2 fully saturated rings. The maximum Gasteiger partial charge on any atom is 0.328 e. The van der Waals surface area contributed by atoms with Gasteiger partial charge in [-0.05, 0) is 88.5 Å². The van der Waals surface area contributed by atoms with Gasteiger partial charge in [-0.15, -0.1) is 0 Å². The number of amides is 5. The standard InChI is InChI=1S/C38H46N8O6/c1-25-9-7-11-29(40-25)37(49)41-31-21-27-24-46(43-30(27)23-34(31)52-3)28-10-8-18-44(19-14-28)17-6-4-5-16-39-36(48)26-12-13-33(51-2)32(22-26)45-20-15-35(47)42-38(45)50/h7,9,11-13,21-24,28H,4-6,8,10,14-20H2,1-3H3,(H,39,48)(H,41,49)(H,42,47,50). The highest BCUT2D eigenvalue weighted by Crippen LogP contribution is 2.33. The van der Waals surface area contributed by atoms with Crippen LogP contribution in [0.4, 0.5) is 16.2 Å². The molecule has 14 nitrogen and oxygen atoms in total. The number of likely N-dealkylation sites (tertiary alicyclic amines) is 1. The van der Waals surface area contributed by atoms with Crippen LogP contribution in [-0.4, -0.2) is 90.4 Å². The van der Waals surface area contributed by atoms with E-state index in [0.717, 1.165) is 74.8 Å². The molecule has 5 amide bonds. The van der Waals surface area contributed by atoms with E-state index in [9.17, 15) is 19.2 Å². The molecule has 0 saturated carbocycles. The Kier molecular flexibility index (Phi) is 11.6. The van der Waals surface area contributed by atoms with Gasteiger partial charge in [-0.3, -0.25) is 29.3 Å². The number of unbranched alkanes of at least 4 members (excludes halogenated alkanes) is 2. The van der Waals surface area contributed by atoms with Crippen LogP contribution in [0.3, 0.4) is 0 Å². The molecular weight excluding hydrogens is 664 g/mol. The zero-order valence-electron chi connectivity index (χ0n) is 29.9. The topological polar surface area (TPSA) is 160 Å². The third-order valence-electron chi connectivity index (χ3n) is 9.60. The summed E-state index contributed by atoms with van der Waals surface area (Å²) < 4.78 is 13.1. The zero-order valence-corrected chi connectivity index (χ0v) is 29.9. The molecular formula is C38H46N8O6. The minimum atomic E-state index is -0.530. The van der Waals surface area contributed by atoms with Gasteiger partial charge in [-0.25, -0.2) is 9.78 Å². The number of nitrogens with one attached hydrogen (secondary N) is 3. The number of nitrogens with zero attached hydrogens (tertiary/aromatic N) is 5. The summed E-state index contributed by atoms with van der Waals surface area (Å²) in [6.45, 7) is 5.64. The van der Waals surface area contributed by atoms with E-state index in [1.165, 1.54) is 12.0 Å². The van der Waals surface area contributed by atoms with Crippen molar-refractivity contribution in [3.8, 4) is 11.5 Å². The van der Waals surface area contributed by atoms with Crippen molar-refractivity contribution in [2.45, 2.75) is 57.9 Å². The molecule has 52 heavy (non-hydrogen) atoms. The third-order valence-corrected chi connectivity index (χ3v) is 9.60. The van der Waals surface area contributed by atoms with Gasteiger partial charge in [-0.2, -0.15) is 5.10 Å². The number of fused-ring (bicyclic) bond motifs is 1. The predicted molar refractivity (Wildman–Crippen MR) is 197 cm³/mol. The number of pyridine rings is 1. The largest absolute Gasteiger partial charge is 0.495 e. The van der Waals surface area contributed by atoms with Gasteiger partial charge in [0.15, 0.2) is 0 Å². The molecule has 0 aliphatic carbocycles. The number of carbonyl (C=O) groups excluding carboxylic acids is 4. The number of carbonyl (C=O) groups is 4. The van der Waals surface area contributed by atoms with Crippen LogP contribution in [-0.2, 0) is 4.79 Å². The van der Waals surface area contributed by atoms with Crippen molar-refractivity contribution in [1.29, 1.82) is 0 Å². The van der Waals surface area contributed by atoms with Crippen LogP contribution in [0.1, 0.15) is 77.5 Å². The number of anilines is 2. The lowest BCUT2D eigenvalue weighted by molar-refractivity contribution is -0.120. The molecule has 1 unspecified atom stereocenters. The summed E-state index contributed by atoms with van der Waals surface area (Å²) in [6.07, 6.45) is 8.21. The van der Waals surface area contributed by atoms with Gasteiger partial charge in [0.25, 0.3) is 11.8 Å². The van der Waals surface area contributed by atoms with Gasteiger partial charge in [0.05, 0.1) is 37.2 Å². The first-order valence-electron chi connectivity index (χ1n) is 17.8. The van der Waals surface area contributed by atoms with Crippen LogP contribution in [0, 0.1) is 6.92 Å². The lowest BCUT2D eigenvalue weighted by Crippen LogP contribution is -2.49. The molecule has 0 radical (unpaired) electrons. The summed E-state index contributed by atoms with van der Waals surface area (Å²) in [5.41, 5.74) is 3.39. The lowest BCUT2D eigenvalue weighted by atomic mass is 10.1. The number of hydrogen-bond donors (Lipinski definition) is 3. The first-order chi connectivity index (χ1) is 25.2. The number of hydrogen-bond acceptors (Lipinski definition) is 9. The number of ether oxygens (including phenoxy) is 2. The van der Waals surface area contributed by atoms with E-state index in [0.29, 0.717) is 40.7 Å². The summed E-state index contributed by atoms with van der Waals surface area (Å²) in [4.78, 5) is 58.1. The molecule has 2 aliphatic heterocycles. The van der Waals surface area contributed by atoms with E-state index < -0.39 is 6.03 Å². The number of urea groups is 1. The maximum atomic E-state index is 12.9. The Balaban J connectivity index is 0.953. The van der Waals surface area contributed by atoms with E-state index in [1.807, 2.05) is 31.2 Å². The van der Waals surface area contributed by atoms with Crippen molar-refractivity contribution in [2.75, 3.05) is 57.2 Å². The molecule has 1 atom stereocenters. The molecule has 6 rings (SSSR count). The first-order valence-corrected chi connectivity index (χ1v) is 17.8.